The average molecular weight is 191 g/mol. The number of rotatable bonds is 1. The van der Waals surface area contributed by atoms with Gasteiger partial charge >= 0.3 is 51.4 Å². The van der Waals surface area contributed by atoms with Crippen molar-refractivity contribution < 1.29 is 61.3 Å². The minimum atomic E-state index is -0.995. The molecule has 0 saturated heterocycles. The monoisotopic (exact) mass is 191 g/mol. The van der Waals surface area contributed by atoms with Crippen LogP contribution in [0.4, 0.5) is 0 Å². The summed E-state index contributed by atoms with van der Waals surface area (Å²) in [5, 5.41) is 9.26. The van der Waals surface area contributed by atoms with Crippen molar-refractivity contribution in [3.8, 4) is 0 Å². The van der Waals surface area contributed by atoms with Crippen LogP contribution in [0, 0.1) is 0 Å². The molecule has 4 heteroatoms. The Morgan fingerprint density at radius 1 is 1.33 bits per heavy atom. The van der Waals surface area contributed by atoms with Crippen LogP contribution in [-0.4, -0.2) is 11.0 Å². The van der Waals surface area contributed by atoms with E-state index in [0.29, 0.717) is 0 Å². The second kappa shape index (κ2) is 11.3. The third-order valence-corrected chi connectivity index (χ3v) is 0.855. The molecule has 0 N–H and O–H groups in total. The summed E-state index contributed by atoms with van der Waals surface area (Å²) >= 11 is 0. The van der Waals surface area contributed by atoms with Gasteiger partial charge in [0.25, 0.3) is 0 Å². The molecule has 12 heavy (non-hydrogen) atoms. The van der Waals surface area contributed by atoms with E-state index in [0.717, 1.165) is 0 Å². The number of aliphatic carboxylic acids is 1. The van der Waals surface area contributed by atoms with Crippen LogP contribution in [-0.2, 0) is 4.79 Å². The molecule has 0 aromatic carbocycles. The van der Waals surface area contributed by atoms with E-state index in [1.165, 1.54) is 6.92 Å². The van der Waals surface area contributed by atoms with Crippen molar-refractivity contribution in [3.05, 3.63) is 30.6 Å². The standard InChI is InChI=1S/C5H5N.C3H6O2.K/c1-2-4-6-5-3-1;1-2-3(4)5;/h1-5H;2H2,1H3,(H,4,5);/q;;+1/p-1. The molecule has 0 amide bonds. The Hall–Kier alpha value is 0.256. The second-order valence-corrected chi connectivity index (χ2v) is 1.75. The van der Waals surface area contributed by atoms with E-state index in [2.05, 4.69) is 4.98 Å². The van der Waals surface area contributed by atoms with Gasteiger partial charge in [0.05, 0.1) is 0 Å². The number of hydrogen-bond acceptors (Lipinski definition) is 3. The molecule has 0 spiro atoms. The van der Waals surface area contributed by atoms with Crippen molar-refractivity contribution >= 4 is 5.97 Å². The van der Waals surface area contributed by atoms with Crippen LogP contribution in [0.2, 0.25) is 0 Å². The predicted molar refractivity (Wildman–Crippen MR) is 39.5 cm³/mol. The number of carbonyl (C=O) groups is 1. The SMILES string of the molecule is CCC(=O)[O-].[K+].c1ccncc1. The maximum Gasteiger partial charge on any atom is 1.00 e. The first-order chi connectivity index (χ1) is 5.27. The van der Waals surface area contributed by atoms with E-state index in [1.807, 2.05) is 18.2 Å². The molecule has 0 aliphatic carbocycles. The molecule has 0 bridgehead atoms. The van der Waals surface area contributed by atoms with Gasteiger partial charge in [0.2, 0.25) is 0 Å². The van der Waals surface area contributed by atoms with Gasteiger partial charge in [-0.2, -0.15) is 0 Å². The Kier molecular flexibility index (Phi) is 13.8. The molecule has 0 saturated carbocycles. The number of carboxylic acid groups (broad SMARTS) is 1. The Morgan fingerprint density at radius 2 is 1.75 bits per heavy atom. The molecular weight excluding hydrogens is 181 g/mol. The fraction of sp³-hybridized carbons (Fsp3) is 0.250. The van der Waals surface area contributed by atoms with Crippen LogP contribution in [0.1, 0.15) is 13.3 Å². The summed E-state index contributed by atoms with van der Waals surface area (Å²) in [5.74, 6) is -0.995. The quantitative estimate of drug-likeness (QED) is 0.452. The fourth-order valence-electron chi connectivity index (χ4n) is 0.313. The van der Waals surface area contributed by atoms with Crippen molar-refractivity contribution in [1.29, 1.82) is 0 Å². The van der Waals surface area contributed by atoms with Gasteiger partial charge in [-0.3, -0.25) is 4.98 Å². The molecule has 0 aliphatic heterocycles. The van der Waals surface area contributed by atoms with Gasteiger partial charge in [0, 0.05) is 18.4 Å². The van der Waals surface area contributed by atoms with E-state index in [9.17, 15) is 9.90 Å². The van der Waals surface area contributed by atoms with Crippen LogP contribution >= 0.6 is 0 Å². The summed E-state index contributed by atoms with van der Waals surface area (Å²) in [5.41, 5.74) is 0. The molecule has 0 fully saturated rings. The summed E-state index contributed by atoms with van der Waals surface area (Å²) in [4.78, 5) is 13.0. The van der Waals surface area contributed by atoms with E-state index < -0.39 is 5.97 Å². The molecule has 1 heterocycles. The summed E-state index contributed by atoms with van der Waals surface area (Å²) < 4.78 is 0. The van der Waals surface area contributed by atoms with Gasteiger partial charge in [0.15, 0.2) is 0 Å². The molecule has 0 aliphatic rings. The Bertz CT molecular complexity index is 165. The maximum absolute atomic E-state index is 9.26. The van der Waals surface area contributed by atoms with Crippen molar-refractivity contribution in [1.82, 2.24) is 4.98 Å². The molecular formula is C8H10KNO2. The minimum absolute atomic E-state index is 0. The molecule has 1 aromatic rings. The molecule has 0 radical (unpaired) electrons. The van der Waals surface area contributed by atoms with Gasteiger partial charge in [-0.1, -0.05) is 13.0 Å². The number of pyridine rings is 1. The Labute approximate surface area is 115 Å². The topological polar surface area (TPSA) is 53.0 Å². The molecule has 0 unspecified atom stereocenters. The first kappa shape index (κ1) is 14.8. The zero-order valence-electron chi connectivity index (χ0n) is 7.36. The Balaban J connectivity index is 0. The van der Waals surface area contributed by atoms with Crippen LogP contribution in [0.25, 0.3) is 0 Å². The van der Waals surface area contributed by atoms with Crippen molar-refractivity contribution in [3.63, 3.8) is 0 Å². The van der Waals surface area contributed by atoms with E-state index in [4.69, 9.17) is 0 Å². The predicted octanol–water partition coefficient (Wildman–Crippen LogP) is -2.77. The first-order valence-electron chi connectivity index (χ1n) is 3.32. The van der Waals surface area contributed by atoms with Crippen LogP contribution in [0.3, 0.4) is 0 Å². The molecule has 1 rings (SSSR count). The van der Waals surface area contributed by atoms with Crippen molar-refractivity contribution in [2.24, 2.45) is 0 Å². The third-order valence-electron chi connectivity index (χ3n) is 0.855. The summed E-state index contributed by atoms with van der Waals surface area (Å²) in [6, 6.07) is 5.72. The molecule has 60 valence electrons. The van der Waals surface area contributed by atoms with Crippen LogP contribution in [0.15, 0.2) is 30.6 Å². The summed E-state index contributed by atoms with van der Waals surface area (Å²) in [6.07, 6.45) is 3.61. The second-order valence-electron chi connectivity index (χ2n) is 1.75. The number of carboxylic acids is 1. The molecule has 0 atom stereocenters. The Morgan fingerprint density at radius 3 is 1.83 bits per heavy atom. The minimum Gasteiger partial charge on any atom is -0.550 e. The number of hydrogen-bond donors (Lipinski definition) is 0. The van der Waals surface area contributed by atoms with Crippen molar-refractivity contribution in [2.75, 3.05) is 0 Å². The van der Waals surface area contributed by atoms with Crippen LogP contribution < -0.4 is 56.5 Å². The van der Waals surface area contributed by atoms with E-state index >= 15 is 0 Å². The molecule has 3 nitrogen and oxygen atoms in total. The van der Waals surface area contributed by atoms with E-state index in [1.54, 1.807) is 12.4 Å². The largest absolute Gasteiger partial charge is 1.00 e. The van der Waals surface area contributed by atoms with Crippen molar-refractivity contribution in [2.45, 2.75) is 13.3 Å². The number of aromatic nitrogens is 1. The van der Waals surface area contributed by atoms with E-state index in [-0.39, 0.29) is 57.8 Å². The van der Waals surface area contributed by atoms with Crippen LogP contribution in [0.5, 0.6) is 0 Å². The van der Waals surface area contributed by atoms with Gasteiger partial charge in [0.1, 0.15) is 0 Å². The zero-order valence-corrected chi connectivity index (χ0v) is 10.5. The normalized spacial score (nSPS) is 7.08. The van der Waals surface area contributed by atoms with Gasteiger partial charge < -0.3 is 9.90 Å². The number of carbonyl (C=O) groups excluding carboxylic acids is 1. The average Bonchev–Trinajstić information content (AvgIpc) is 2.09. The fourth-order valence-corrected chi connectivity index (χ4v) is 0.313. The summed E-state index contributed by atoms with van der Waals surface area (Å²) in [6.45, 7) is 1.54. The molecule has 1 aromatic heterocycles. The zero-order chi connectivity index (χ0) is 8.53. The first-order valence-corrected chi connectivity index (χ1v) is 3.32. The summed E-state index contributed by atoms with van der Waals surface area (Å²) in [7, 11) is 0. The van der Waals surface area contributed by atoms with Gasteiger partial charge in [-0.15, -0.1) is 0 Å². The third kappa shape index (κ3) is 12.9. The van der Waals surface area contributed by atoms with Gasteiger partial charge in [-0.25, -0.2) is 0 Å². The maximum atomic E-state index is 9.26. The van der Waals surface area contributed by atoms with Gasteiger partial charge in [-0.05, 0) is 18.6 Å². The number of nitrogens with zero attached hydrogens (tertiary/aromatic N) is 1. The smallest absolute Gasteiger partial charge is 0.550 e.